The van der Waals surface area contributed by atoms with Gasteiger partial charge < -0.3 is 10.0 Å². The zero-order valence-corrected chi connectivity index (χ0v) is 13.7. The number of thioether (sulfide) groups is 1. The quantitative estimate of drug-likeness (QED) is 0.847. The molecule has 1 aromatic rings. The second kappa shape index (κ2) is 7.43. The number of β-amino-alcohol motifs (C(OH)–C–C–N with tert-alkyl or cyclic N) is 1. The lowest BCUT2D eigenvalue weighted by Gasteiger charge is -2.34. The average Bonchev–Trinajstić information content (AvgIpc) is 2.83. The molecule has 1 aliphatic heterocycles. The Hall–Kier alpha value is -0.590. The molecule has 2 heterocycles. The van der Waals surface area contributed by atoms with E-state index >= 15 is 0 Å². The SMILES string of the molecule is Cc1nc(CSCCC(=O)N2CCC(C)C(O)C2)cs1. The maximum absolute atomic E-state index is 12.1. The summed E-state index contributed by atoms with van der Waals surface area (Å²) in [5, 5.41) is 13.0. The fourth-order valence-corrected chi connectivity index (χ4v) is 3.78. The summed E-state index contributed by atoms with van der Waals surface area (Å²) in [6.07, 6.45) is 1.09. The van der Waals surface area contributed by atoms with Crippen molar-refractivity contribution in [1.82, 2.24) is 9.88 Å². The van der Waals surface area contributed by atoms with Crippen LogP contribution >= 0.6 is 23.1 Å². The number of aromatic nitrogens is 1. The molecule has 1 N–H and O–H groups in total. The van der Waals surface area contributed by atoms with Crippen molar-refractivity contribution in [3.8, 4) is 0 Å². The zero-order valence-electron chi connectivity index (χ0n) is 12.0. The summed E-state index contributed by atoms with van der Waals surface area (Å²) in [5.41, 5.74) is 1.10. The smallest absolute Gasteiger partial charge is 0.223 e. The Morgan fingerprint density at radius 3 is 3.10 bits per heavy atom. The highest BCUT2D eigenvalue weighted by molar-refractivity contribution is 7.98. The topological polar surface area (TPSA) is 53.4 Å². The first-order valence-corrected chi connectivity index (χ1v) is 9.04. The summed E-state index contributed by atoms with van der Waals surface area (Å²) in [6.45, 7) is 5.33. The molecule has 1 aromatic heterocycles. The van der Waals surface area contributed by atoms with Crippen molar-refractivity contribution in [1.29, 1.82) is 0 Å². The fraction of sp³-hybridized carbons (Fsp3) is 0.714. The lowest BCUT2D eigenvalue weighted by atomic mass is 9.96. The van der Waals surface area contributed by atoms with Gasteiger partial charge in [0.2, 0.25) is 5.91 Å². The van der Waals surface area contributed by atoms with Gasteiger partial charge in [-0.1, -0.05) is 6.92 Å². The maximum Gasteiger partial charge on any atom is 0.223 e. The molecule has 0 saturated carbocycles. The highest BCUT2D eigenvalue weighted by Crippen LogP contribution is 2.19. The predicted molar refractivity (Wildman–Crippen MR) is 84.0 cm³/mol. The number of thiazole rings is 1. The van der Waals surface area contributed by atoms with Crippen molar-refractivity contribution in [2.75, 3.05) is 18.8 Å². The van der Waals surface area contributed by atoms with Crippen LogP contribution in [0.3, 0.4) is 0 Å². The molecule has 0 aromatic carbocycles. The Morgan fingerprint density at radius 1 is 1.65 bits per heavy atom. The molecule has 0 bridgehead atoms. The van der Waals surface area contributed by atoms with Gasteiger partial charge in [0, 0.05) is 36.4 Å². The largest absolute Gasteiger partial charge is 0.391 e. The predicted octanol–water partition coefficient (Wildman–Crippen LogP) is 2.30. The van der Waals surface area contributed by atoms with Gasteiger partial charge >= 0.3 is 0 Å². The number of amides is 1. The van der Waals surface area contributed by atoms with Crippen LogP contribution in [0, 0.1) is 12.8 Å². The number of likely N-dealkylation sites (tertiary alicyclic amines) is 1. The number of piperidine rings is 1. The number of rotatable bonds is 5. The van der Waals surface area contributed by atoms with Crippen LogP contribution in [0.25, 0.3) is 0 Å². The van der Waals surface area contributed by atoms with E-state index in [0.29, 0.717) is 18.9 Å². The van der Waals surface area contributed by atoms with Crippen LogP contribution in [0.15, 0.2) is 5.38 Å². The molecule has 1 amide bonds. The molecule has 2 rings (SSSR count). The number of aliphatic hydroxyl groups excluding tert-OH is 1. The molecule has 0 spiro atoms. The minimum atomic E-state index is -0.363. The van der Waals surface area contributed by atoms with Crippen LogP contribution in [0.5, 0.6) is 0 Å². The Morgan fingerprint density at radius 2 is 2.45 bits per heavy atom. The molecule has 1 aliphatic rings. The van der Waals surface area contributed by atoms with Crippen molar-refractivity contribution in [2.45, 2.75) is 38.5 Å². The Balaban J connectivity index is 1.65. The second-order valence-corrected chi connectivity index (χ2v) is 7.50. The summed E-state index contributed by atoms with van der Waals surface area (Å²) in [7, 11) is 0. The van der Waals surface area contributed by atoms with E-state index in [2.05, 4.69) is 10.4 Å². The van der Waals surface area contributed by atoms with E-state index in [4.69, 9.17) is 0 Å². The first kappa shape index (κ1) is 15.8. The zero-order chi connectivity index (χ0) is 14.5. The van der Waals surface area contributed by atoms with Crippen molar-refractivity contribution in [3.63, 3.8) is 0 Å². The monoisotopic (exact) mass is 314 g/mol. The van der Waals surface area contributed by atoms with E-state index < -0.39 is 0 Å². The molecular weight excluding hydrogens is 292 g/mol. The van der Waals surface area contributed by atoms with Gasteiger partial charge in [-0.05, 0) is 19.3 Å². The molecule has 2 atom stereocenters. The van der Waals surface area contributed by atoms with Gasteiger partial charge in [0.05, 0.1) is 16.8 Å². The van der Waals surface area contributed by atoms with Gasteiger partial charge in [-0.15, -0.1) is 11.3 Å². The van der Waals surface area contributed by atoms with Gasteiger partial charge in [-0.25, -0.2) is 4.98 Å². The number of aryl methyl sites for hydroxylation is 1. The molecular formula is C14H22N2O2S2. The number of aliphatic hydroxyl groups is 1. The number of carbonyl (C=O) groups is 1. The Kier molecular flexibility index (Phi) is 5.86. The van der Waals surface area contributed by atoms with Crippen molar-refractivity contribution in [2.24, 2.45) is 5.92 Å². The Labute approximate surface area is 128 Å². The highest BCUT2D eigenvalue weighted by Gasteiger charge is 2.26. The molecule has 4 nitrogen and oxygen atoms in total. The lowest BCUT2D eigenvalue weighted by Crippen LogP contribution is -2.45. The first-order valence-electron chi connectivity index (χ1n) is 7.01. The summed E-state index contributed by atoms with van der Waals surface area (Å²) < 4.78 is 0. The van der Waals surface area contributed by atoms with Crippen LogP contribution in [0.4, 0.5) is 0 Å². The normalized spacial score (nSPS) is 23.1. The van der Waals surface area contributed by atoms with Crippen molar-refractivity contribution < 1.29 is 9.90 Å². The molecule has 0 aliphatic carbocycles. The molecule has 20 heavy (non-hydrogen) atoms. The van der Waals surface area contributed by atoms with Gasteiger partial charge in [0.15, 0.2) is 0 Å². The summed E-state index contributed by atoms with van der Waals surface area (Å²) in [4.78, 5) is 18.3. The number of hydrogen-bond acceptors (Lipinski definition) is 5. The molecule has 1 saturated heterocycles. The van der Waals surface area contributed by atoms with Crippen LogP contribution in [-0.2, 0) is 10.5 Å². The van der Waals surface area contributed by atoms with Gasteiger partial charge in [0.1, 0.15) is 0 Å². The van der Waals surface area contributed by atoms with E-state index in [9.17, 15) is 9.90 Å². The van der Waals surface area contributed by atoms with Crippen molar-refractivity contribution in [3.05, 3.63) is 16.1 Å². The van der Waals surface area contributed by atoms with Crippen LogP contribution in [0.2, 0.25) is 0 Å². The summed E-state index contributed by atoms with van der Waals surface area (Å²) >= 11 is 3.41. The van der Waals surface area contributed by atoms with Gasteiger partial charge in [-0.3, -0.25) is 4.79 Å². The Bertz CT molecular complexity index is 450. The first-order chi connectivity index (χ1) is 9.56. The second-order valence-electron chi connectivity index (χ2n) is 5.33. The third-order valence-electron chi connectivity index (χ3n) is 3.65. The lowest BCUT2D eigenvalue weighted by molar-refractivity contribution is -0.134. The third kappa shape index (κ3) is 4.46. The minimum Gasteiger partial charge on any atom is -0.391 e. The fourth-order valence-electron chi connectivity index (χ4n) is 2.24. The minimum absolute atomic E-state index is 0.165. The van der Waals surface area contributed by atoms with E-state index in [1.54, 1.807) is 28.0 Å². The maximum atomic E-state index is 12.1. The van der Waals surface area contributed by atoms with E-state index in [0.717, 1.165) is 35.2 Å². The van der Waals surface area contributed by atoms with E-state index in [-0.39, 0.29) is 12.0 Å². The number of carbonyl (C=O) groups excluding carboxylic acids is 1. The van der Waals surface area contributed by atoms with Crippen LogP contribution < -0.4 is 0 Å². The van der Waals surface area contributed by atoms with Gasteiger partial charge in [-0.2, -0.15) is 11.8 Å². The van der Waals surface area contributed by atoms with Crippen molar-refractivity contribution >= 4 is 29.0 Å². The van der Waals surface area contributed by atoms with Crippen LogP contribution in [-0.4, -0.2) is 45.8 Å². The highest BCUT2D eigenvalue weighted by atomic mass is 32.2. The summed E-state index contributed by atoms with van der Waals surface area (Å²) in [6, 6.07) is 0. The molecule has 112 valence electrons. The average molecular weight is 314 g/mol. The summed E-state index contributed by atoms with van der Waals surface area (Å²) in [5.74, 6) is 2.16. The number of nitrogens with zero attached hydrogens (tertiary/aromatic N) is 2. The number of hydrogen-bond donors (Lipinski definition) is 1. The van der Waals surface area contributed by atoms with E-state index in [1.165, 1.54) is 0 Å². The molecule has 1 fully saturated rings. The third-order valence-corrected chi connectivity index (χ3v) is 5.46. The molecule has 2 unspecified atom stereocenters. The molecule has 6 heteroatoms. The van der Waals surface area contributed by atoms with Crippen LogP contribution in [0.1, 0.15) is 30.5 Å². The van der Waals surface area contributed by atoms with Gasteiger partial charge in [0.25, 0.3) is 0 Å². The molecule has 0 radical (unpaired) electrons. The standard InChI is InChI=1S/C14H22N2O2S2/c1-10-3-5-16(7-13(10)17)14(18)4-6-19-8-12-9-20-11(2)15-12/h9-10,13,17H,3-8H2,1-2H3. The van der Waals surface area contributed by atoms with E-state index in [1.807, 2.05) is 13.8 Å².